The summed E-state index contributed by atoms with van der Waals surface area (Å²) in [6, 6.07) is 10.2. The van der Waals surface area contributed by atoms with E-state index in [0.717, 1.165) is 6.42 Å². The summed E-state index contributed by atoms with van der Waals surface area (Å²) in [6.45, 7) is 6.30. The SMILES string of the molecule is CC(C)C1OCC(CCOCc2ccccc2)O1. The van der Waals surface area contributed by atoms with Crippen molar-refractivity contribution < 1.29 is 14.2 Å². The lowest BCUT2D eigenvalue weighted by molar-refractivity contribution is -0.0902. The summed E-state index contributed by atoms with van der Waals surface area (Å²) in [6.07, 6.45) is 1.05. The normalized spacial score (nSPS) is 23.7. The van der Waals surface area contributed by atoms with Crippen LogP contribution in [0, 0.1) is 5.92 Å². The molecule has 0 saturated carbocycles. The minimum Gasteiger partial charge on any atom is -0.377 e. The third-order valence-electron chi connectivity index (χ3n) is 3.01. The first kappa shape index (κ1) is 13.5. The van der Waals surface area contributed by atoms with Crippen LogP contribution < -0.4 is 0 Å². The molecule has 1 fully saturated rings. The van der Waals surface area contributed by atoms with Gasteiger partial charge in [0.2, 0.25) is 0 Å². The Hall–Kier alpha value is -0.900. The van der Waals surface area contributed by atoms with Crippen molar-refractivity contribution in [2.24, 2.45) is 5.92 Å². The number of benzene rings is 1. The van der Waals surface area contributed by atoms with E-state index in [1.54, 1.807) is 0 Å². The maximum Gasteiger partial charge on any atom is 0.160 e. The smallest absolute Gasteiger partial charge is 0.160 e. The van der Waals surface area contributed by atoms with E-state index < -0.39 is 0 Å². The quantitative estimate of drug-likeness (QED) is 0.726. The summed E-state index contributed by atoms with van der Waals surface area (Å²) in [7, 11) is 0. The van der Waals surface area contributed by atoms with Crippen LogP contribution in [0.25, 0.3) is 0 Å². The van der Waals surface area contributed by atoms with Gasteiger partial charge in [0.1, 0.15) is 0 Å². The Bertz CT molecular complexity index is 337. The lowest BCUT2D eigenvalue weighted by Crippen LogP contribution is -2.18. The average Bonchev–Trinajstić information content (AvgIpc) is 2.85. The highest BCUT2D eigenvalue weighted by Gasteiger charge is 2.27. The zero-order chi connectivity index (χ0) is 12.8. The predicted molar refractivity (Wildman–Crippen MR) is 70.2 cm³/mol. The van der Waals surface area contributed by atoms with E-state index in [4.69, 9.17) is 14.2 Å². The molecule has 2 unspecified atom stereocenters. The van der Waals surface area contributed by atoms with Crippen molar-refractivity contribution in [1.82, 2.24) is 0 Å². The molecule has 0 N–H and O–H groups in total. The van der Waals surface area contributed by atoms with Gasteiger partial charge >= 0.3 is 0 Å². The van der Waals surface area contributed by atoms with Gasteiger partial charge in [-0.1, -0.05) is 44.2 Å². The van der Waals surface area contributed by atoms with Gasteiger partial charge in [-0.05, 0) is 12.0 Å². The molecule has 3 nitrogen and oxygen atoms in total. The second-order valence-corrected chi connectivity index (χ2v) is 5.03. The van der Waals surface area contributed by atoms with Crippen LogP contribution >= 0.6 is 0 Å². The molecule has 1 aromatic rings. The number of hydrogen-bond donors (Lipinski definition) is 0. The molecule has 1 aromatic carbocycles. The van der Waals surface area contributed by atoms with Gasteiger partial charge in [-0.3, -0.25) is 0 Å². The van der Waals surface area contributed by atoms with Crippen LogP contribution in [0.1, 0.15) is 25.8 Å². The number of hydrogen-bond acceptors (Lipinski definition) is 3. The molecule has 2 atom stereocenters. The first-order valence-corrected chi connectivity index (χ1v) is 6.64. The molecular weight excluding hydrogens is 228 g/mol. The molecule has 0 bridgehead atoms. The Morgan fingerprint density at radius 3 is 2.72 bits per heavy atom. The highest BCUT2D eigenvalue weighted by molar-refractivity contribution is 5.13. The Kier molecular flexibility index (Phi) is 5.17. The molecule has 0 aliphatic carbocycles. The zero-order valence-electron chi connectivity index (χ0n) is 11.2. The molecule has 3 heteroatoms. The van der Waals surface area contributed by atoms with Gasteiger partial charge in [-0.25, -0.2) is 0 Å². The fraction of sp³-hybridized carbons (Fsp3) is 0.600. The van der Waals surface area contributed by atoms with E-state index >= 15 is 0 Å². The van der Waals surface area contributed by atoms with Gasteiger partial charge in [0.15, 0.2) is 6.29 Å². The van der Waals surface area contributed by atoms with E-state index in [-0.39, 0.29) is 12.4 Å². The van der Waals surface area contributed by atoms with E-state index in [9.17, 15) is 0 Å². The van der Waals surface area contributed by atoms with E-state index in [1.807, 2.05) is 18.2 Å². The van der Waals surface area contributed by atoms with Gasteiger partial charge in [0.25, 0.3) is 0 Å². The van der Waals surface area contributed by atoms with Gasteiger partial charge in [0, 0.05) is 12.5 Å². The molecule has 0 radical (unpaired) electrons. The first-order chi connectivity index (χ1) is 8.75. The van der Waals surface area contributed by atoms with Crippen molar-refractivity contribution in [2.45, 2.75) is 39.3 Å². The van der Waals surface area contributed by atoms with Gasteiger partial charge in [-0.2, -0.15) is 0 Å². The number of ether oxygens (including phenoxy) is 3. The predicted octanol–water partition coefficient (Wildman–Crippen LogP) is 2.99. The van der Waals surface area contributed by atoms with E-state index in [1.165, 1.54) is 5.56 Å². The highest BCUT2D eigenvalue weighted by atomic mass is 16.7. The second-order valence-electron chi connectivity index (χ2n) is 5.03. The van der Waals surface area contributed by atoms with Crippen LogP contribution in [0.5, 0.6) is 0 Å². The third kappa shape index (κ3) is 4.09. The Balaban J connectivity index is 1.59. The Morgan fingerprint density at radius 1 is 1.28 bits per heavy atom. The molecule has 1 aliphatic rings. The summed E-state index contributed by atoms with van der Waals surface area (Å²) >= 11 is 0. The molecule has 2 rings (SSSR count). The van der Waals surface area contributed by atoms with Crippen molar-refractivity contribution in [3.05, 3.63) is 35.9 Å². The maximum atomic E-state index is 5.77. The summed E-state index contributed by atoms with van der Waals surface area (Å²) < 4.78 is 17.0. The van der Waals surface area contributed by atoms with Gasteiger partial charge < -0.3 is 14.2 Å². The molecular formula is C15H22O3. The van der Waals surface area contributed by atoms with Gasteiger partial charge in [0.05, 0.1) is 19.3 Å². The largest absolute Gasteiger partial charge is 0.377 e. The molecule has 0 aromatic heterocycles. The van der Waals surface area contributed by atoms with Crippen molar-refractivity contribution in [1.29, 1.82) is 0 Å². The summed E-state index contributed by atoms with van der Waals surface area (Å²) in [4.78, 5) is 0. The first-order valence-electron chi connectivity index (χ1n) is 6.64. The minimum absolute atomic E-state index is 0.0378. The molecule has 18 heavy (non-hydrogen) atoms. The molecule has 100 valence electrons. The Morgan fingerprint density at radius 2 is 2.06 bits per heavy atom. The van der Waals surface area contributed by atoms with Crippen LogP contribution in [0.15, 0.2) is 30.3 Å². The lowest BCUT2D eigenvalue weighted by Gasteiger charge is -2.14. The van der Waals surface area contributed by atoms with E-state index in [0.29, 0.717) is 25.7 Å². The van der Waals surface area contributed by atoms with Crippen molar-refractivity contribution in [2.75, 3.05) is 13.2 Å². The van der Waals surface area contributed by atoms with Crippen LogP contribution in [-0.2, 0) is 20.8 Å². The van der Waals surface area contributed by atoms with Crippen molar-refractivity contribution >= 4 is 0 Å². The fourth-order valence-corrected chi connectivity index (χ4v) is 1.95. The summed E-state index contributed by atoms with van der Waals surface area (Å²) in [5, 5.41) is 0. The molecule has 0 amide bonds. The monoisotopic (exact) mass is 250 g/mol. The third-order valence-corrected chi connectivity index (χ3v) is 3.01. The standard InChI is InChI=1S/C15H22O3/c1-12(2)15-17-11-14(18-15)8-9-16-10-13-6-4-3-5-7-13/h3-7,12,14-15H,8-11H2,1-2H3. The highest BCUT2D eigenvalue weighted by Crippen LogP contribution is 2.20. The maximum absolute atomic E-state index is 5.77. The van der Waals surface area contributed by atoms with Crippen LogP contribution in [0.2, 0.25) is 0 Å². The van der Waals surface area contributed by atoms with Crippen LogP contribution in [0.4, 0.5) is 0 Å². The molecule has 1 aliphatic heterocycles. The van der Waals surface area contributed by atoms with Crippen molar-refractivity contribution in [3.8, 4) is 0 Å². The zero-order valence-corrected chi connectivity index (χ0v) is 11.2. The minimum atomic E-state index is -0.0378. The van der Waals surface area contributed by atoms with Crippen LogP contribution in [-0.4, -0.2) is 25.6 Å². The fourth-order valence-electron chi connectivity index (χ4n) is 1.95. The number of rotatable bonds is 6. The topological polar surface area (TPSA) is 27.7 Å². The lowest BCUT2D eigenvalue weighted by atomic mass is 10.2. The van der Waals surface area contributed by atoms with Gasteiger partial charge in [-0.15, -0.1) is 0 Å². The van der Waals surface area contributed by atoms with Crippen LogP contribution in [0.3, 0.4) is 0 Å². The molecule has 1 heterocycles. The second kappa shape index (κ2) is 6.88. The summed E-state index contributed by atoms with van der Waals surface area (Å²) in [5.74, 6) is 0.417. The van der Waals surface area contributed by atoms with Crippen molar-refractivity contribution in [3.63, 3.8) is 0 Å². The average molecular weight is 250 g/mol. The Labute approximate surface area is 109 Å². The molecule has 1 saturated heterocycles. The van der Waals surface area contributed by atoms with E-state index in [2.05, 4.69) is 26.0 Å². The summed E-state index contributed by atoms with van der Waals surface area (Å²) in [5.41, 5.74) is 1.21. The molecule has 0 spiro atoms.